The van der Waals surface area contributed by atoms with Crippen LogP contribution in [0.3, 0.4) is 0 Å². The highest BCUT2D eigenvalue weighted by Gasteiger charge is 2.21. The van der Waals surface area contributed by atoms with Crippen LogP contribution in [0.4, 0.5) is 4.39 Å². The van der Waals surface area contributed by atoms with E-state index >= 15 is 0 Å². The molecule has 3 aromatic rings. The van der Waals surface area contributed by atoms with Gasteiger partial charge in [0.1, 0.15) is 11.6 Å². The first-order valence-corrected chi connectivity index (χ1v) is 10.5. The van der Waals surface area contributed by atoms with Gasteiger partial charge in [0.25, 0.3) is 5.91 Å². The van der Waals surface area contributed by atoms with Crippen LogP contribution in [0.15, 0.2) is 53.1 Å². The monoisotopic (exact) mass is 459 g/mol. The molecule has 0 aliphatic rings. The van der Waals surface area contributed by atoms with Gasteiger partial charge in [-0.15, -0.1) is 11.6 Å². The van der Waals surface area contributed by atoms with E-state index in [0.717, 1.165) is 0 Å². The molecule has 1 heterocycles. The van der Waals surface area contributed by atoms with Gasteiger partial charge < -0.3 is 9.15 Å². The van der Waals surface area contributed by atoms with Crippen molar-refractivity contribution >= 4 is 23.4 Å². The lowest BCUT2D eigenvalue weighted by Gasteiger charge is -2.17. The Morgan fingerprint density at radius 2 is 1.94 bits per heavy atom. The Kier molecular flexibility index (Phi) is 7.83. The maximum atomic E-state index is 13.2. The molecule has 168 valence electrons. The van der Waals surface area contributed by atoms with Crippen molar-refractivity contribution < 1.29 is 23.1 Å². The smallest absolute Gasteiger partial charge is 0.269 e. The summed E-state index contributed by atoms with van der Waals surface area (Å²) in [5.74, 6) is -0.0849. The summed E-state index contributed by atoms with van der Waals surface area (Å²) in [6.07, 6.45) is 2.62. The van der Waals surface area contributed by atoms with E-state index in [1.165, 1.54) is 19.2 Å². The minimum atomic E-state index is -0.582. The Morgan fingerprint density at radius 1 is 1.19 bits per heavy atom. The van der Waals surface area contributed by atoms with Gasteiger partial charge in [-0.3, -0.25) is 20.4 Å². The molecule has 2 aromatic carbocycles. The number of ether oxygens (including phenoxy) is 1. The maximum absolute atomic E-state index is 13.2. The summed E-state index contributed by atoms with van der Waals surface area (Å²) in [5, 5.41) is 0. The maximum Gasteiger partial charge on any atom is 0.269 e. The number of hydrogen-bond donors (Lipinski definition) is 2. The molecule has 2 N–H and O–H groups in total. The number of aryl methyl sites for hydroxylation is 1. The van der Waals surface area contributed by atoms with Crippen LogP contribution in [0.1, 0.15) is 40.6 Å². The predicted molar refractivity (Wildman–Crippen MR) is 118 cm³/mol. The number of rotatable bonds is 8. The van der Waals surface area contributed by atoms with Gasteiger partial charge in [0.2, 0.25) is 5.91 Å². The summed E-state index contributed by atoms with van der Waals surface area (Å²) < 4.78 is 24.1. The molecular weight excluding hydrogens is 437 g/mol. The van der Waals surface area contributed by atoms with Crippen LogP contribution in [0.25, 0.3) is 11.3 Å². The first-order valence-electron chi connectivity index (χ1n) is 9.95. The third-order valence-corrected chi connectivity index (χ3v) is 5.13. The fraction of sp³-hybridized carbons (Fsp3) is 0.261. The molecular formula is C23H23ClFN3O4. The van der Waals surface area contributed by atoms with Crippen LogP contribution in [0.5, 0.6) is 5.75 Å². The van der Waals surface area contributed by atoms with Gasteiger partial charge in [-0.05, 0) is 48.7 Å². The summed E-state index contributed by atoms with van der Waals surface area (Å²) >= 11 is 5.77. The third kappa shape index (κ3) is 5.64. The number of aromatic nitrogens is 1. The Bertz CT molecular complexity index is 1090. The Hall–Kier alpha value is -3.39. The molecule has 0 fully saturated rings. The van der Waals surface area contributed by atoms with E-state index in [0.29, 0.717) is 47.2 Å². The number of halogens is 2. The van der Waals surface area contributed by atoms with Crippen molar-refractivity contribution in [3.63, 3.8) is 0 Å². The van der Waals surface area contributed by atoms with Crippen molar-refractivity contribution in [2.24, 2.45) is 0 Å². The Morgan fingerprint density at radius 3 is 2.56 bits per heavy atom. The second-order valence-corrected chi connectivity index (χ2v) is 7.42. The lowest BCUT2D eigenvalue weighted by Crippen LogP contribution is -2.44. The fourth-order valence-electron chi connectivity index (χ4n) is 3.23. The average Bonchev–Trinajstić information content (AvgIpc) is 3.24. The number of alkyl halides is 1. The zero-order chi connectivity index (χ0) is 23.1. The average molecular weight is 460 g/mol. The zero-order valence-corrected chi connectivity index (χ0v) is 18.4. The molecule has 0 aliphatic carbocycles. The normalized spacial score (nSPS) is 11.6. The van der Waals surface area contributed by atoms with Crippen LogP contribution in [-0.2, 0) is 4.79 Å². The number of carbonyl (C=O) groups excluding carboxylic acids is 2. The first-order chi connectivity index (χ1) is 15.4. The number of hydrazine groups is 1. The molecule has 0 saturated heterocycles. The van der Waals surface area contributed by atoms with Crippen molar-refractivity contribution in [3.05, 3.63) is 71.5 Å². The van der Waals surface area contributed by atoms with E-state index in [9.17, 15) is 14.0 Å². The highest BCUT2D eigenvalue weighted by atomic mass is 35.5. The van der Waals surface area contributed by atoms with Crippen molar-refractivity contribution in [2.45, 2.75) is 25.7 Å². The molecule has 32 heavy (non-hydrogen) atoms. The van der Waals surface area contributed by atoms with Crippen LogP contribution in [-0.4, -0.2) is 29.8 Å². The first kappa shape index (κ1) is 23.3. The number of carbonyl (C=O) groups is 2. The number of amides is 2. The van der Waals surface area contributed by atoms with Gasteiger partial charge in [-0.25, -0.2) is 9.37 Å². The Labute approximate surface area is 189 Å². The van der Waals surface area contributed by atoms with Gasteiger partial charge in [-0.1, -0.05) is 12.1 Å². The summed E-state index contributed by atoms with van der Waals surface area (Å²) in [4.78, 5) is 29.4. The molecule has 7 nitrogen and oxygen atoms in total. The van der Waals surface area contributed by atoms with Gasteiger partial charge in [0, 0.05) is 18.4 Å². The number of oxazole rings is 1. The summed E-state index contributed by atoms with van der Waals surface area (Å²) in [6.45, 7) is 1.73. The fourth-order valence-corrected chi connectivity index (χ4v) is 3.38. The molecule has 1 unspecified atom stereocenters. The molecule has 0 spiro atoms. The number of methoxy groups -OCH3 is 1. The zero-order valence-electron chi connectivity index (χ0n) is 17.7. The SMILES string of the molecule is COc1cc(C(=O)NNC(=O)C(CCCCl)c2ccc(F)cc2)ccc1-c1cnc(C)o1. The van der Waals surface area contributed by atoms with E-state index in [-0.39, 0.29) is 5.56 Å². The lowest BCUT2D eigenvalue weighted by atomic mass is 9.94. The summed E-state index contributed by atoms with van der Waals surface area (Å²) in [6, 6.07) is 10.5. The molecule has 1 atom stereocenters. The molecule has 0 aliphatic heterocycles. The van der Waals surface area contributed by atoms with Gasteiger partial charge in [0.05, 0.1) is 24.8 Å². The topological polar surface area (TPSA) is 93.5 Å². The van der Waals surface area contributed by atoms with Crippen LogP contribution < -0.4 is 15.6 Å². The van der Waals surface area contributed by atoms with Crippen molar-refractivity contribution in [1.29, 1.82) is 0 Å². The second kappa shape index (κ2) is 10.8. The van der Waals surface area contributed by atoms with Crippen LogP contribution in [0, 0.1) is 12.7 Å². The predicted octanol–water partition coefficient (Wildman–Crippen LogP) is 4.36. The number of benzene rings is 2. The van der Waals surface area contributed by atoms with E-state index < -0.39 is 23.5 Å². The molecule has 3 rings (SSSR count). The van der Waals surface area contributed by atoms with Crippen molar-refractivity contribution in [1.82, 2.24) is 15.8 Å². The standard InChI is InChI=1S/C23H23ClFN3O4/c1-14-26-13-21(32-14)19-10-7-16(12-20(19)31-2)22(29)27-28-23(30)18(4-3-11-24)15-5-8-17(25)9-6-15/h5-10,12-13,18H,3-4,11H2,1-2H3,(H,27,29)(H,28,30). The molecule has 9 heteroatoms. The Balaban J connectivity index is 1.70. The van der Waals surface area contributed by atoms with Crippen molar-refractivity contribution in [3.8, 4) is 17.1 Å². The van der Waals surface area contributed by atoms with Crippen LogP contribution >= 0.6 is 11.6 Å². The molecule has 0 saturated carbocycles. The van der Waals surface area contributed by atoms with Crippen molar-refractivity contribution in [2.75, 3.05) is 13.0 Å². The highest BCUT2D eigenvalue weighted by Crippen LogP contribution is 2.31. The number of hydrogen-bond acceptors (Lipinski definition) is 5. The summed E-state index contributed by atoms with van der Waals surface area (Å²) in [5.41, 5.74) is 6.42. The highest BCUT2D eigenvalue weighted by molar-refractivity contribution is 6.17. The molecule has 0 bridgehead atoms. The lowest BCUT2D eigenvalue weighted by molar-refractivity contribution is -0.123. The quantitative estimate of drug-likeness (QED) is 0.385. The van der Waals surface area contributed by atoms with Crippen LogP contribution in [0.2, 0.25) is 0 Å². The van der Waals surface area contributed by atoms with E-state index in [1.807, 2.05) is 0 Å². The molecule has 1 aromatic heterocycles. The van der Waals surface area contributed by atoms with Gasteiger partial charge in [0.15, 0.2) is 11.7 Å². The van der Waals surface area contributed by atoms with Gasteiger partial charge >= 0.3 is 0 Å². The van der Waals surface area contributed by atoms with E-state index in [1.54, 1.807) is 43.5 Å². The molecule has 0 radical (unpaired) electrons. The van der Waals surface area contributed by atoms with E-state index in [2.05, 4.69) is 15.8 Å². The van der Waals surface area contributed by atoms with E-state index in [4.69, 9.17) is 20.8 Å². The largest absolute Gasteiger partial charge is 0.496 e. The number of nitrogens with zero attached hydrogens (tertiary/aromatic N) is 1. The minimum absolute atomic E-state index is 0.279. The number of nitrogens with one attached hydrogen (secondary N) is 2. The summed E-state index contributed by atoms with van der Waals surface area (Å²) in [7, 11) is 1.48. The minimum Gasteiger partial charge on any atom is -0.496 e. The molecule has 2 amide bonds. The van der Waals surface area contributed by atoms with Gasteiger partial charge in [-0.2, -0.15) is 0 Å². The second-order valence-electron chi connectivity index (χ2n) is 7.04. The third-order valence-electron chi connectivity index (χ3n) is 4.86.